The van der Waals surface area contributed by atoms with Crippen LogP contribution in [0.2, 0.25) is 0 Å². The van der Waals surface area contributed by atoms with Gasteiger partial charge in [0.25, 0.3) is 5.91 Å². The Bertz CT molecular complexity index is 537. The highest BCUT2D eigenvalue weighted by Crippen LogP contribution is 2.20. The first-order valence-electron chi connectivity index (χ1n) is 8.12. The second-order valence-electron chi connectivity index (χ2n) is 5.91. The summed E-state index contributed by atoms with van der Waals surface area (Å²) in [4.78, 5) is 14.2. The van der Waals surface area contributed by atoms with Crippen LogP contribution in [-0.2, 0) is 4.79 Å². The molecular formula is C17H25ClF2N2O2. The van der Waals surface area contributed by atoms with Gasteiger partial charge >= 0.3 is 0 Å². The third-order valence-electron chi connectivity index (χ3n) is 4.16. The van der Waals surface area contributed by atoms with Gasteiger partial charge in [-0.3, -0.25) is 4.79 Å². The summed E-state index contributed by atoms with van der Waals surface area (Å²) < 4.78 is 31.5. The number of rotatable bonds is 6. The molecule has 1 aliphatic rings. The van der Waals surface area contributed by atoms with Crippen molar-refractivity contribution in [3.8, 4) is 5.75 Å². The minimum Gasteiger partial charge on any atom is -0.481 e. The van der Waals surface area contributed by atoms with E-state index in [9.17, 15) is 13.6 Å². The van der Waals surface area contributed by atoms with Crippen LogP contribution in [0.1, 0.15) is 26.7 Å². The van der Waals surface area contributed by atoms with Crippen molar-refractivity contribution in [2.75, 3.05) is 26.2 Å². The molecule has 0 aliphatic carbocycles. The number of amides is 1. The fraction of sp³-hybridized carbons (Fsp3) is 0.588. The summed E-state index contributed by atoms with van der Waals surface area (Å²) in [6, 6.07) is 3.28. The first-order valence-corrected chi connectivity index (χ1v) is 8.12. The first-order chi connectivity index (χ1) is 11.0. The highest BCUT2D eigenvalue weighted by Gasteiger charge is 2.27. The van der Waals surface area contributed by atoms with Crippen molar-refractivity contribution in [2.24, 2.45) is 5.92 Å². The molecule has 0 spiro atoms. The Morgan fingerprint density at radius 2 is 2.00 bits per heavy atom. The number of nitrogens with one attached hydrogen (secondary N) is 1. The van der Waals surface area contributed by atoms with E-state index in [0.29, 0.717) is 19.0 Å². The molecule has 2 rings (SSSR count). The summed E-state index contributed by atoms with van der Waals surface area (Å²) in [5.41, 5.74) is 0. The molecule has 1 aromatic rings. The zero-order valence-corrected chi connectivity index (χ0v) is 14.9. The fourth-order valence-corrected chi connectivity index (χ4v) is 2.77. The van der Waals surface area contributed by atoms with Gasteiger partial charge < -0.3 is 15.0 Å². The maximum Gasteiger partial charge on any atom is 0.263 e. The lowest BCUT2D eigenvalue weighted by molar-refractivity contribution is -0.139. The molecule has 0 bridgehead atoms. The number of nitrogens with zero attached hydrogens (tertiary/aromatic N) is 1. The van der Waals surface area contributed by atoms with E-state index in [1.165, 1.54) is 6.07 Å². The van der Waals surface area contributed by atoms with E-state index in [1.54, 1.807) is 11.8 Å². The highest BCUT2D eigenvalue weighted by atomic mass is 35.5. The van der Waals surface area contributed by atoms with Crippen LogP contribution in [0.25, 0.3) is 0 Å². The monoisotopic (exact) mass is 362 g/mol. The Morgan fingerprint density at radius 1 is 1.33 bits per heavy atom. The van der Waals surface area contributed by atoms with Crippen molar-refractivity contribution >= 4 is 18.3 Å². The van der Waals surface area contributed by atoms with Crippen LogP contribution < -0.4 is 10.1 Å². The number of benzene rings is 1. The molecule has 4 nitrogen and oxygen atoms in total. The smallest absolute Gasteiger partial charge is 0.263 e. The van der Waals surface area contributed by atoms with E-state index in [4.69, 9.17) is 4.74 Å². The molecule has 0 radical (unpaired) electrons. The summed E-state index contributed by atoms with van der Waals surface area (Å²) in [7, 11) is 0. The molecule has 1 saturated heterocycles. The predicted molar refractivity (Wildman–Crippen MR) is 91.5 cm³/mol. The Hall–Kier alpha value is -1.40. The van der Waals surface area contributed by atoms with Crippen molar-refractivity contribution in [2.45, 2.75) is 32.8 Å². The van der Waals surface area contributed by atoms with Crippen LogP contribution in [0.15, 0.2) is 18.2 Å². The number of carbonyl (C=O) groups excluding carboxylic acids is 1. The van der Waals surface area contributed by atoms with E-state index in [-0.39, 0.29) is 24.1 Å². The number of hydrogen-bond donors (Lipinski definition) is 1. The van der Waals surface area contributed by atoms with Crippen molar-refractivity contribution in [3.63, 3.8) is 0 Å². The predicted octanol–water partition coefficient (Wildman–Crippen LogP) is 3.00. The van der Waals surface area contributed by atoms with Crippen LogP contribution in [0.5, 0.6) is 5.75 Å². The standard InChI is InChI=1S/C17H24F2N2O2.ClH/c1-3-20-11-13-6-8-21(9-7-13)17(22)12(2)23-14-4-5-15(18)16(19)10-14;/h4-5,10,12-13,20H,3,6-9,11H2,1-2H3;1H. The second kappa shape index (κ2) is 9.79. The van der Waals surface area contributed by atoms with Crippen molar-refractivity contribution < 1.29 is 18.3 Å². The largest absolute Gasteiger partial charge is 0.481 e. The summed E-state index contributed by atoms with van der Waals surface area (Å²) >= 11 is 0. The van der Waals surface area contributed by atoms with Gasteiger partial charge in [0, 0.05) is 19.2 Å². The average Bonchev–Trinajstić information content (AvgIpc) is 2.56. The van der Waals surface area contributed by atoms with Gasteiger partial charge in [-0.15, -0.1) is 12.4 Å². The fourth-order valence-electron chi connectivity index (χ4n) is 2.77. The quantitative estimate of drug-likeness (QED) is 0.845. The minimum absolute atomic E-state index is 0. The molecule has 0 saturated carbocycles. The zero-order chi connectivity index (χ0) is 16.8. The highest BCUT2D eigenvalue weighted by molar-refractivity contribution is 5.85. The van der Waals surface area contributed by atoms with Crippen molar-refractivity contribution in [1.29, 1.82) is 0 Å². The number of ether oxygens (including phenoxy) is 1. The minimum atomic E-state index is -0.980. The summed E-state index contributed by atoms with van der Waals surface area (Å²) in [6.07, 6.45) is 1.22. The molecule has 1 aliphatic heterocycles. The number of carbonyl (C=O) groups is 1. The number of likely N-dealkylation sites (tertiary alicyclic amines) is 1. The van der Waals surface area contributed by atoms with Crippen LogP contribution in [-0.4, -0.2) is 43.1 Å². The topological polar surface area (TPSA) is 41.6 Å². The van der Waals surface area contributed by atoms with Crippen molar-refractivity contribution in [3.05, 3.63) is 29.8 Å². The lowest BCUT2D eigenvalue weighted by atomic mass is 9.96. The Kier molecular flexibility index (Phi) is 8.42. The summed E-state index contributed by atoms with van der Waals surface area (Å²) in [5, 5.41) is 3.33. The van der Waals surface area contributed by atoms with E-state index >= 15 is 0 Å². The van der Waals surface area contributed by atoms with Gasteiger partial charge in [0.2, 0.25) is 0 Å². The van der Waals surface area contributed by atoms with E-state index in [2.05, 4.69) is 12.2 Å². The van der Waals surface area contributed by atoms with Gasteiger partial charge in [0.1, 0.15) is 5.75 Å². The molecule has 1 amide bonds. The molecule has 1 aromatic carbocycles. The molecule has 1 atom stereocenters. The van der Waals surface area contributed by atoms with Gasteiger partial charge in [-0.2, -0.15) is 0 Å². The maximum atomic E-state index is 13.2. The van der Waals surface area contributed by atoms with Crippen LogP contribution in [0.3, 0.4) is 0 Å². The van der Waals surface area contributed by atoms with Crippen molar-refractivity contribution in [1.82, 2.24) is 10.2 Å². The molecule has 24 heavy (non-hydrogen) atoms. The Balaban J connectivity index is 0.00000288. The normalized spacial score (nSPS) is 16.4. The van der Waals surface area contributed by atoms with Crippen LogP contribution >= 0.6 is 12.4 Å². The van der Waals surface area contributed by atoms with Gasteiger partial charge in [0.15, 0.2) is 17.7 Å². The lowest BCUT2D eigenvalue weighted by Crippen LogP contribution is -2.45. The zero-order valence-electron chi connectivity index (χ0n) is 14.1. The third-order valence-corrected chi connectivity index (χ3v) is 4.16. The summed E-state index contributed by atoms with van der Waals surface area (Å²) in [5.74, 6) is -1.27. The third kappa shape index (κ3) is 5.60. The molecule has 1 unspecified atom stereocenters. The molecule has 1 fully saturated rings. The molecule has 1 N–H and O–H groups in total. The number of halogens is 3. The molecule has 1 heterocycles. The van der Waals surface area contributed by atoms with E-state index in [0.717, 1.165) is 38.1 Å². The van der Waals surface area contributed by atoms with Gasteiger partial charge in [-0.25, -0.2) is 8.78 Å². The van der Waals surface area contributed by atoms with Crippen LogP contribution in [0, 0.1) is 17.6 Å². The van der Waals surface area contributed by atoms with E-state index < -0.39 is 17.7 Å². The molecular weight excluding hydrogens is 338 g/mol. The number of hydrogen-bond acceptors (Lipinski definition) is 3. The van der Waals surface area contributed by atoms with Crippen LogP contribution in [0.4, 0.5) is 8.78 Å². The molecule has 7 heteroatoms. The first kappa shape index (κ1) is 20.6. The van der Waals surface area contributed by atoms with Gasteiger partial charge in [0.05, 0.1) is 0 Å². The lowest BCUT2D eigenvalue weighted by Gasteiger charge is -2.33. The maximum absolute atomic E-state index is 13.2. The van der Waals surface area contributed by atoms with Gasteiger partial charge in [-0.1, -0.05) is 6.92 Å². The molecule has 0 aromatic heterocycles. The average molecular weight is 363 g/mol. The van der Waals surface area contributed by atoms with Gasteiger partial charge in [-0.05, 0) is 50.9 Å². The summed E-state index contributed by atoms with van der Waals surface area (Å²) in [6.45, 7) is 7.07. The SMILES string of the molecule is CCNCC1CCN(C(=O)C(C)Oc2ccc(F)c(F)c2)CC1.Cl. The second-order valence-corrected chi connectivity index (χ2v) is 5.91. The number of piperidine rings is 1. The molecule has 136 valence electrons. The van der Waals surface area contributed by atoms with E-state index in [1.807, 2.05) is 0 Å². The Labute approximate surface area is 148 Å². The Morgan fingerprint density at radius 3 is 2.58 bits per heavy atom.